The van der Waals surface area contributed by atoms with Gasteiger partial charge in [0.05, 0.1) is 13.1 Å². The van der Waals surface area contributed by atoms with Crippen LogP contribution in [-0.2, 0) is 9.59 Å². The molecule has 1 heterocycles. The summed E-state index contributed by atoms with van der Waals surface area (Å²) >= 11 is 0. The molecule has 0 saturated carbocycles. The third-order valence-electron chi connectivity index (χ3n) is 2.48. The Labute approximate surface area is 90.2 Å². The third kappa shape index (κ3) is 3.20. The fourth-order valence-electron chi connectivity index (χ4n) is 1.66. The van der Waals surface area contributed by atoms with E-state index >= 15 is 0 Å². The van der Waals surface area contributed by atoms with Crippen LogP contribution in [0.2, 0.25) is 0 Å². The Kier molecular flexibility index (Phi) is 4.55. The van der Waals surface area contributed by atoms with Gasteiger partial charge < -0.3 is 15.5 Å². The maximum Gasteiger partial charge on any atom is 0.242 e. The molecule has 2 N–H and O–H groups in total. The maximum absolute atomic E-state index is 11.6. The summed E-state index contributed by atoms with van der Waals surface area (Å²) in [5.74, 6) is 0.0879. The van der Waals surface area contributed by atoms with Crippen molar-refractivity contribution < 1.29 is 9.59 Å². The molecule has 86 valence electrons. The van der Waals surface area contributed by atoms with Gasteiger partial charge in [-0.25, -0.2) is 0 Å². The smallest absolute Gasteiger partial charge is 0.242 e. The molecular weight excluding hydrogens is 194 g/mol. The number of hydrogen-bond donors (Lipinski definition) is 1. The summed E-state index contributed by atoms with van der Waals surface area (Å²) < 4.78 is 0. The van der Waals surface area contributed by atoms with E-state index in [4.69, 9.17) is 5.73 Å². The number of amides is 2. The second kappa shape index (κ2) is 5.70. The van der Waals surface area contributed by atoms with Gasteiger partial charge in [0.25, 0.3) is 0 Å². The van der Waals surface area contributed by atoms with Gasteiger partial charge in [0.1, 0.15) is 0 Å². The molecule has 2 amide bonds. The fraction of sp³-hybridized carbons (Fsp3) is 0.800. The lowest BCUT2D eigenvalue weighted by Gasteiger charge is -2.33. The van der Waals surface area contributed by atoms with Crippen LogP contribution in [0.4, 0.5) is 0 Å². The molecule has 0 aromatic heterocycles. The number of rotatable bonds is 5. The first kappa shape index (κ1) is 12.0. The summed E-state index contributed by atoms with van der Waals surface area (Å²) in [5.41, 5.74) is 5.37. The molecule has 1 saturated heterocycles. The Morgan fingerprint density at radius 2 is 1.67 bits per heavy atom. The Morgan fingerprint density at radius 1 is 1.13 bits per heavy atom. The van der Waals surface area contributed by atoms with Crippen molar-refractivity contribution in [2.75, 3.05) is 32.7 Å². The number of hydrogen-bond acceptors (Lipinski definition) is 3. The van der Waals surface area contributed by atoms with Crippen LogP contribution in [0.5, 0.6) is 0 Å². The topological polar surface area (TPSA) is 66.6 Å². The van der Waals surface area contributed by atoms with E-state index in [1.807, 2.05) is 6.92 Å². The molecule has 0 aromatic carbocycles. The van der Waals surface area contributed by atoms with Gasteiger partial charge in [-0.05, 0) is 19.4 Å². The first-order valence-electron chi connectivity index (χ1n) is 5.44. The van der Waals surface area contributed by atoms with E-state index in [0.29, 0.717) is 19.6 Å². The molecule has 1 fully saturated rings. The van der Waals surface area contributed by atoms with Crippen molar-refractivity contribution in [2.24, 2.45) is 5.73 Å². The number of nitrogens with two attached hydrogens (primary N) is 1. The largest absolute Gasteiger partial charge is 0.332 e. The van der Waals surface area contributed by atoms with Crippen LogP contribution < -0.4 is 5.73 Å². The number of nitrogens with zero attached hydrogens (tertiary/aromatic N) is 2. The minimum absolute atomic E-state index is 0.0384. The lowest BCUT2D eigenvalue weighted by atomic mass is 10.2. The first-order valence-corrected chi connectivity index (χ1v) is 5.44. The Balaban J connectivity index is 2.47. The molecule has 0 spiro atoms. The number of carbonyl (C=O) groups is 2. The maximum atomic E-state index is 11.6. The molecule has 0 aromatic rings. The average Bonchev–Trinajstić information content (AvgIpc) is 2.21. The lowest BCUT2D eigenvalue weighted by Crippen LogP contribution is -2.54. The minimum atomic E-state index is 0.0384. The molecule has 5 heteroatoms. The van der Waals surface area contributed by atoms with Crippen LogP contribution in [-0.4, -0.2) is 54.3 Å². The number of carbonyl (C=O) groups excluding carboxylic acids is 2. The van der Waals surface area contributed by atoms with Gasteiger partial charge in [-0.3, -0.25) is 9.59 Å². The third-order valence-corrected chi connectivity index (χ3v) is 2.48. The van der Waals surface area contributed by atoms with Crippen LogP contribution in [0, 0.1) is 0 Å². The molecule has 1 aliphatic heterocycles. The molecular formula is C10H19N3O2. The van der Waals surface area contributed by atoms with Crippen LogP contribution in [0.25, 0.3) is 0 Å². The molecule has 0 aliphatic carbocycles. The van der Waals surface area contributed by atoms with Gasteiger partial charge in [0, 0.05) is 13.1 Å². The Bertz CT molecular complexity index is 243. The summed E-state index contributed by atoms with van der Waals surface area (Å²) in [6.07, 6.45) is 1.65. The van der Waals surface area contributed by atoms with Crippen molar-refractivity contribution in [1.82, 2.24) is 9.80 Å². The zero-order valence-corrected chi connectivity index (χ0v) is 9.24. The quantitative estimate of drug-likeness (QED) is 0.664. The van der Waals surface area contributed by atoms with Gasteiger partial charge in [-0.2, -0.15) is 0 Å². The standard InChI is InChI=1S/C10H19N3O2/c1-2-5-12-7-10(15)13(6-3-4-11)8-9(12)14/h2-8,11H2,1H3. The van der Waals surface area contributed by atoms with Crippen LogP contribution in [0.15, 0.2) is 0 Å². The van der Waals surface area contributed by atoms with Crippen LogP contribution in [0.3, 0.4) is 0 Å². The van der Waals surface area contributed by atoms with Crippen molar-refractivity contribution in [1.29, 1.82) is 0 Å². The normalized spacial score (nSPS) is 17.5. The van der Waals surface area contributed by atoms with E-state index in [1.165, 1.54) is 0 Å². The van der Waals surface area contributed by atoms with E-state index in [1.54, 1.807) is 9.80 Å². The summed E-state index contributed by atoms with van der Waals surface area (Å²) in [4.78, 5) is 26.5. The van der Waals surface area contributed by atoms with Crippen molar-refractivity contribution >= 4 is 11.8 Å². The van der Waals surface area contributed by atoms with E-state index in [2.05, 4.69) is 0 Å². The van der Waals surface area contributed by atoms with E-state index < -0.39 is 0 Å². The monoisotopic (exact) mass is 213 g/mol. The highest BCUT2D eigenvalue weighted by Gasteiger charge is 2.28. The second-order valence-corrected chi connectivity index (χ2v) is 3.77. The average molecular weight is 213 g/mol. The first-order chi connectivity index (χ1) is 7.19. The summed E-state index contributed by atoms with van der Waals surface area (Å²) in [7, 11) is 0. The van der Waals surface area contributed by atoms with Crippen LogP contribution in [0.1, 0.15) is 19.8 Å². The van der Waals surface area contributed by atoms with Crippen molar-refractivity contribution in [2.45, 2.75) is 19.8 Å². The van der Waals surface area contributed by atoms with Crippen LogP contribution >= 0.6 is 0 Å². The van der Waals surface area contributed by atoms with Crippen molar-refractivity contribution in [3.8, 4) is 0 Å². The molecule has 1 aliphatic rings. The van der Waals surface area contributed by atoms with E-state index in [-0.39, 0.29) is 24.9 Å². The molecule has 0 atom stereocenters. The lowest BCUT2D eigenvalue weighted by molar-refractivity contribution is -0.150. The minimum Gasteiger partial charge on any atom is -0.332 e. The zero-order chi connectivity index (χ0) is 11.3. The van der Waals surface area contributed by atoms with Gasteiger partial charge in [0.2, 0.25) is 11.8 Å². The fourth-order valence-corrected chi connectivity index (χ4v) is 1.66. The summed E-state index contributed by atoms with van der Waals surface area (Å²) in [6, 6.07) is 0. The predicted molar refractivity (Wildman–Crippen MR) is 57.1 cm³/mol. The zero-order valence-electron chi connectivity index (χ0n) is 9.24. The van der Waals surface area contributed by atoms with E-state index in [0.717, 1.165) is 12.8 Å². The second-order valence-electron chi connectivity index (χ2n) is 3.77. The highest BCUT2D eigenvalue weighted by Crippen LogP contribution is 2.05. The van der Waals surface area contributed by atoms with Gasteiger partial charge in [-0.15, -0.1) is 0 Å². The molecule has 0 radical (unpaired) electrons. The Morgan fingerprint density at radius 3 is 2.13 bits per heavy atom. The SMILES string of the molecule is CCCN1CC(=O)N(CCCN)CC1=O. The van der Waals surface area contributed by atoms with Crippen molar-refractivity contribution in [3.05, 3.63) is 0 Å². The number of piperazine rings is 1. The highest BCUT2D eigenvalue weighted by atomic mass is 16.2. The molecule has 1 rings (SSSR count). The van der Waals surface area contributed by atoms with Gasteiger partial charge in [-0.1, -0.05) is 6.92 Å². The van der Waals surface area contributed by atoms with Gasteiger partial charge in [0.15, 0.2) is 0 Å². The highest BCUT2D eigenvalue weighted by molar-refractivity contribution is 5.92. The van der Waals surface area contributed by atoms with Gasteiger partial charge >= 0.3 is 0 Å². The Hall–Kier alpha value is -1.10. The van der Waals surface area contributed by atoms with E-state index in [9.17, 15) is 9.59 Å². The molecule has 0 bridgehead atoms. The van der Waals surface area contributed by atoms with Crippen molar-refractivity contribution in [3.63, 3.8) is 0 Å². The predicted octanol–water partition coefficient (Wildman–Crippen LogP) is -0.584. The summed E-state index contributed by atoms with van der Waals surface area (Å²) in [5, 5.41) is 0. The molecule has 5 nitrogen and oxygen atoms in total. The molecule has 0 unspecified atom stereocenters. The molecule has 15 heavy (non-hydrogen) atoms. The summed E-state index contributed by atoms with van der Waals surface area (Å²) in [6.45, 7) is 4.28.